The molecule has 0 aliphatic carbocycles. The van der Waals surface area contributed by atoms with E-state index in [1.165, 1.54) is 4.90 Å². The molecule has 37 heavy (non-hydrogen) atoms. The van der Waals surface area contributed by atoms with Crippen molar-refractivity contribution in [3.63, 3.8) is 0 Å². The highest BCUT2D eigenvalue weighted by molar-refractivity contribution is 7.80. The molecule has 3 aromatic carbocycles. The number of likely N-dealkylation sites (tertiary alicyclic amines) is 1. The molecule has 0 aromatic heterocycles. The summed E-state index contributed by atoms with van der Waals surface area (Å²) in [6, 6.07) is 23.5. The first-order chi connectivity index (χ1) is 17.8. The van der Waals surface area contributed by atoms with Gasteiger partial charge in [0.15, 0.2) is 5.54 Å². The van der Waals surface area contributed by atoms with Crippen LogP contribution in [0.15, 0.2) is 78.9 Å². The molecule has 1 atom stereocenters. The molecule has 1 saturated heterocycles. The van der Waals surface area contributed by atoms with Crippen LogP contribution in [0.4, 0.5) is 10.5 Å². The molecule has 9 nitrogen and oxygen atoms in total. The van der Waals surface area contributed by atoms with Crippen molar-refractivity contribution in [1.82, 2.24) is 4.90 Å². The van der Waals surface area contributed by atoms with E-state index in [-0.39, 0.29) is 32.5 Å². The quantitative estimate of drug-likeness (QED) is 0.328. The van der Waals surface area contributed by atoms with Gasteiger partial charge in [-0.1, -0.05) is 54.6 Å². The lowest BCUT2D eigenvalue weighted by Gasteiger charge is -2.44. The third-order valence-electron chi connectivity index (χ3n) is 6.52. The second-order valence-corrected chi connectivity index (χ2v) is 9.49. The molecule has 1 aliphatic heterocycles. The summed E-state index contributed by atoms with van der Waals surface area (Å²) in [5.41, 5.74) is 1.39. The Kier molecular flexibility index (Phi) is 8.10. The third kappa shape index (κ3) is 5.76. The zero-order valence-corrected chi connectivity index (χ0v) is 21.1. The van der Waals surface area contributed by atoms with Crippen molar-refractivity contribution < 1.29 is 32.9 Å². The summed E-state index contributed by atoms with van der Waals surface area (Å²) in [4.78, 5) is 26.3. The molecule has 2 N–H and O–H groups in total. The van der Waals surface area contributed by atoms with Crippen LogP contribution in [0, 0.1) is 0 Å². The van der Waals surface area contributed by atoms with Crippen LogP contribution in [0.25, 0.3) is 11.1 Å². The molecule has 10 heteroatoms. The van der Waals surface area contributed by atoms with Crippen molar-refractivity contribution >= 4 is 29.0 Å². The fourth-order valence-electron chi connectivity index (χ4n) is 4.48. The van der Waals surface area contributed by atoms with Crippen LogP contribution in [0.2, 0.25) is 0 Å². The zero-order valence-electron chi connectivity index (χ0n) is 20.3. The predicted octanol–water partition coefficient (Wildman–Crippen LogP) is 4.56. The Hall–Kier alpha value is -3.89. The van der Waals surface area contributed by atoms with E-state index in [0.717, 1.165) is 26.7 Å². The largest absolute Gasteiger partial charge is 0.497 e. The zero-order chi connectivity index (χ0) is 26.4. The first-order valence-electron chi connectivity index (χ1n) is 11.7. The van der Waals surface area contributed by atoms with Gasteiger partial charge < -0.3 is 19.5 Å². The van der Waals surface area contributed by atoms with Gasteiger partial charge in [-0.25, -0.2) is 13.8 Å². The number of anilines is 1. The van der Waals surface area contributed by atoms with Gasteiger partial charge >= 0.3 is 12.1 Å². The van der Waals surface area contributed by atoms with E-state index in [4.69, 9.17) is 9.47 Å². The number of benzene rings is 3. The van der Waals surface area contributed by atoms with E-state index in [1.807, 2.05) is 54.6 Å². The molecule has 0 bridgehead atoms. The van der Waals surface area contributed by atoms with Crippen LogP contribution < -0.4 is 9.04 Å². The Morgan fingerprint density at radius 3 is 2.03 bits per heavy atom. The normalized spacial score (nSPS) is 15.5. The van der Waals surface area contributed by atoms with E-state index in [9.17, 15) is 23.5 Å². The van der Waals surface area contributed by atoms with Crippen molar-refractivity contribution in [2.45, 2.75) is 25.0 Å². The van der Waals surface area contributed by atoms with Crippen LogP contribution in [-0.4, -0.2) is 56.6 Å². The molecular weight excluding hydrogens is 496 g/mol. The van der Waals surface area contributed by atoms with Crippen LogP contribution >= 0.6 is 0 Å². The average molecular weight is 525 g/mol. The average Bonchev–Trinajstić information content (AvgIpc) is 2.93. The molecule has 194 valence electrons. The van der Waals surface area contributed by atoms with Gasteiger partial charge in [0.2, 0.25) is 0 Å². The van der Waals surface area contributed by atoms with Crippen molar-refractivity contribution in [2.75, 3.05) is 24.5 Å². The molecule has 1 unspecified atom stereocenters. The highest BCUT2D eigenvalue weighted by Gasteiger charge is 2.51. The molecule has 0 radical (unpaired) electrons. The topological polar surface area (TPSA) is 117 Å². The summed E-state index contributed by atoms with van der Waals surface area (Å²) < 4.78 is 35.1. The van der Waals surface area contributed by atoms with Crippen LogP contribution in [-0.2, 0) is 27.4 Å². The fraction of sp³-hybridized carbons (Fsp3) is 0.259. The number of hydrogen-bond acceptors (Lipinski definition) is 5. The van der Waals surface area contributed by atoms with Gasteiger partial charge in [-0.2, -0.15) is 0 Å². The van der Waals surface area contributed by atoms with Gasteiger partial charge in [0.25, 0.3) is 11.3 Å². The number of methoxy groups -OCH3 is 1. The first-order valence-corrected chi connectivity index (χ1v) is 12.7. The molecular formula is C27H28N2O7S. The van der Waals surface area contributed by atoms with Gasteiger partial charge in [0, 0.05) is 25.9 Å². The molecule has 0 spiro atoms. The van der Waals surface area contributed by atoms with Crippen molar-refractivity contribution in [3.8, 4) is 16.9 Å². The van der Waals surface area contributed by atoms with E-state index < -0.39 is 28.9 Å². The van der Waals surface area contributed by atoms with Crippen molar-refractivity contribution in [1.29, 1.82) is 0 Å². The number of rotatable bonds is 8. The van der Waals surface area contributed by atoms with Crippen molar-refractivity contribution in [2.24, 2.45) is 0 Å². The van der Waals surface area contributed by atoms with Crippen LogP contribution in [0.3, 0.4) is 0 Å². The number of carboxylic acid groups (broad SMARTS) is 1. The minimum atomic E-state index is -2.59. The van der Waals surface area contributed by atoms with Crippen LogP contribution in [0.1, 0.15) is 18.4 Å². The third-order valence-corrected chi connectivity index (χ3v) is 7.40. The summed E-state index contributed by atoms with van der Waals surface area (Å²) in [5, 5.41) is 9.41. The minimum absolute atomic E-state index is 0.000541. The van der Waals surface area contributed by atoms with Crippen LogP contribution in [0.5, 0.6) is 5.75 Å². The number of hydrogen-bond donors (Lipinski definition) is 2. The maximum Gasteiger partial charge on any atom is 0.407 e. The second kappa shape index (κ2) is 11.4. The second-order valence-electron chi connectivity index (χ2n) is 8.66. The Bertz CT molecular complexity index is 1240. The van der Waals surface area contributed by atoms with E-state index in [2.05, 4.69) is 0 Å². The van der Waals surface area contributed by atoms with Crippen molar-refractivity contribution in [3.05, 3.63) is 84.4 Å². The standard InChI is InChI=1S/C27H28N2O7S/c1-35-24-13-9-22(10-14-24)21-7-11-23(12-8-21)29(37(33)34)27(15-17-28(18-16-27)26(31)32)25(30)36-19-20-5-3-2-4-6-20/h2-14H,15-19H2,1H3,(H,31,32)(H,33,34). The van der Waals surface area contributed by atoms with E-state index >= 15 is 0 Å². The molecule has 4 rings (SSSR count). The summed E-state index contributed by atoms with van der Waals surface area (Å²) in [6.07, 6.45) is -1.11. The summed E-state index contributed by atoms with van der Waals surface area (Å²) >= 11 is -2.59. The SMILES string of the molecule is COc1ccc(-c2ccc(N(S(=O)O)C3(C(=O)OCc4ccccc4)CCN(C(=O)O)CC3)cc2)cc1. The monoisotopic (exact) mass is 524 g/mol. The lowest BCUT2D eigenvalue weighted by Crippen LogP contribution is -2.62. The molecule has 1 aliphatic rings. The number of piperidine rings is 1. The summed E-state index contributed by atoms with van der Waals surface area (Å²) in [5.74, 6) is 0.0499. The van der Waals surface area contributed by atoms with E-state index in [0.29, 0.717) is 5.69 Å². The summed E-state index contributed by atoms with van der Waals surface area (Å²) in [6.45, 7) is 0.0349. The molecule has 3 aromatic rings. The number of esters is 1. The smallest absolute Gasteiger partial charge is 0.407 e. The number of nitrogens with zero attached hydrogens (tertiary/aromatic N) is 2. The number of ether oxygens (including phenoxy) is 2. The molecule has 0 saturated carbocycles. The maximum absolute atomic E-state index is 13.6. The molecule has 1 amide bonds. The lowest BCUT2D eigenvalue weighted by atomic mass is 9.87. The number of amides is 1. The molecule has 1 fully saturated rings. The lowest BCUT2D eigenvalue weighted by molar-refractivity contribution is -0.153. The predicted molar refractivity (Wildman–Crippen MR) is 139 cm³/mol. The minimum Gasteiger partial charge on any atom is -0.497 e. The van der Waals surface area contributed by atoms with Gasteiger partial charge in [-0.3, -0.25) is 8.86 Å². The van der Waals surface area contributed by atoms with Gasteiger partial charge in [-0.05, 0) is 41.0 Å². The number of carbonyl (C=O) groups is 2. The fourth-order valence-corrected chi connectivity index (χ4v) is 5.33. The summed E-state index contributed by atoms with van der Waals surface area (Å²) in [7, 11) is 1.59. The van der Waals surface area contributed by atoms with Gasteiger partial charge in [0.05, 0.1) is 12.8 Å². The number of carbonyl (C=O) groups excluding carboxylic acids is 1. The highest BCUT2D eigenvalue weighted by atomic mass is 32.2. The van der Waals surface area contributed by atoms with Gasteiger partial charge in [-0.15, -0.1) is 0 Å². The Morgan fingerprint density at radius 2 is 1.51 bits per heavy atom. The Balaban J connectivity index is 1.64. The van der Waals surface area contributed by atoms with E-state index in [1.54, 1.807) is 31.4 Å². The van der Waals surface area contributed by atoms with Gasteiger partial charge in [0.1, 0.15) is 12.4 Å². The maximum atomic E-state index is 13.6. The molecule has 1 heterocycles. The Labute approximate surface area is 217 Å². The first kappa shape index (κ1) is 26.2. The highest BCUT2D eigenvalue weighted by Crippen LogP contribution is 2.37. The Morgan fingerprint density at radius 1 is 0.946 bits per heavy atom.